The summed E-state index contributed by atoms with van der Waals surface area (Å²) in [5.41, 5.74) is -0.191. The zero-order valence-corrected chi connectivity index (χ0v) is 7.37. The van der Waals surface area contributed by atoms with Crippen molar-refractivity contribution < 1.29 is 9.31 Å². The molecular formula is C8H5FN4O2. The second kappa shape index (κ2) is 3.45. The van der Waals surface area contributed by atoms with Gasteiger partial charge in [0.2, 0.25) is 5.82 Å². The maximum absolute atomic E-state index is 13.0. The number of nitro groups is 1. The van der Waals surface area contributed by atoms with E-state index < -0.39 is 16.4 Å². The summed E-state index contributed by atoms with van der Waals surface area (Å²) in [6, 6.07) is 3.51. The molecule has 15 heavy (non-hydrogen) atoms. The quantitative estimate of drug-likeness (QED) is 0.551. The molecule has 0 amide bonds. The number of nitro benzene ring substituents is 1. The number of aromatic nitrogens is 3. The van der Waals surface area contributed by atoms with E-state index in [0.717, 1.165) is 12.1 Å². The van der Waals surface area contributed by atoms with E-state index in [2.05, 4.69) is 10.3 Å². The lowest BCUT2D eigenvalue weighted by Crippen LogP contribution is -1.98. The maximum Gasteiger partial charge on any atom is 0.306 e. The van der Waals surface area contributed by atoms with Gasteiger partial charge in [-0.05, 0) is 12.1 Å². The molecular weight excluding hydrogens is 203 g/mol. The molecule has 0 spiro atoms. The average Bonchev–Trinajstić information content (AvgIpc) is 2.71. The van der Waals surface area contributed by atoms with Crippen molar-refractivity contribution >= 4 is 5.69 Å². The summed E-state index contributed by atoms with van der Waals surface area (Å²) in [6.07, 6.45) is 2.94. The first-order valence-corrected chi connectivity index (χ1v) is 3.99. The van der Waals surface area contributed by atoms with Gasteiger partial charge in [0, 0.05) is 6.07 Å². The number of benzene rings is 1. The minimum atomic E-state index is -0.871. The minimum absolute atomic E-state index is 0.389. The first kappa shape index (κ1) is 9.25. The third kappa shape index (κ3) is 1.66. The molecule has 6 nitrogen and oxygen atoms in total. The largest absolute Gasteiger partial charge is 0.306 e. The molecule has 0 saturated heterocycles. The maximum atomic E-state index is 13.0. The highest BCUT2D eigenvalue weighted by Gasteiger charge is 2.14. The van der Waals surface area contributed by atoms with E-state index in [1.807, 2.05) is 0 Å². The van der Waals surface area contributed by atoms with E-state index in [1.54, 1.807) is 0 Å². The van der Waals surface area contributed by atoms with Crippen molar-refractivity contribution in [3.05, 3.63) is 46.5 Å². The van der Waals surface area contributed by atoms with Crippen LogP contribution in [0.2, 0.25) is 0 Å². The Bertz CT molecular complexity index is 497. The van der Waals surface area contributed by atoms with Crippen molar-refractivity contribution in [2.24, 2.45) is 0 Å². The molecule has 0 unspecified atom stereocenters. The Kier molecular flexibility index (Phi) is 2.13. The highest BCUT2D eigenvalue weighted by atomic mass is 19.1. The normalized spacial score (nSPS) is 10.2. The zero-order valence-electron chi connectivity index (χ0n) is 7.37. The van der Waals surface area contributed by atoms with E-state index in [9.17, 15) is 14.5 Å². The summed E-state index contributed by atoms with van der Waals surface area (Å²) < 4.78 is 14.3. The van der Waals surface area contributed by atoms with Gasteiger partial charge < -0.3 is 0 Å². The second-order valence-electron chi connectivity index (χ2n) is 2.74. The molecule has 0 aliphatic heterocycles. The Hall–Kier alpha value is -2.31. The lowest BCUT2D eigenvalue weighted by Gasteiger charge is -1.99. The van der Waals surface area contributed by atoms with Gasteiger partial charge in [-0.15, -0.1) is 5.10 Å². The third-order valence-electron chi connectivity index (χ3n) is 1.81. The number of rotatable bonds is 2. The van der Waals surface area contributed by atoms with Crippen LogP contribution in [0.3, 0.4) is 0 Å². The topological polar surface area (TPSA) is 73.8 Å². The van der Waals surface area contributed by atoms with Crippen LogP contribution in [0.4, 0.5) is 10.1 Å². The van der Waals surface area contributed by atoms with Crippen LogP contribution < -0.4 is 0 Å². The van der Waals surface area contributed by atoms with Crippen molar-refractivity contribution in [2.45, 2.75) is 0 Å². The van der Waals surface area contributed by atoms with Crippen molar-refractivity contribution in [3.63, 3.8) is 0 Å². The molecule has 0 N–H and O–H groups in total. The van der Waals surface area contributed by atoms with Gasteiger partial charge in [-0.3, -0.25) is 10.1 Å². The Balaban J connectivity index is 2.52. The van der Waals surface area contributed by atoms with Gasteiger partial charge in [-0.25, -0.2) is 4.68 Å². The fourth-order valence-electron chi connectivity index (χ4n) is 1.13. The van der Waals surface area contributed by atoms with Gasteiger partial charge in [0.25, 0.3) is 0 Å². The molecule has 2 aromatic rings. The van der Waals surface area contributed by atoms with Crippen molar-refractivity contribution in [1.82, 2.24) is 15.0 Å². The predicted octanol–water partition coefficient (Wildman–Crippen LogP) is 1.31. The molecule has 0 radical (unpaired) electrons. The van der Waals surface area contributed by atoms with Gasteiger partial charge in [0.05, 0.1) is 23.0 Å². The van der Waals surface area contributed by atoms with E-state index in [0.29, 0.717) is 5.69 Å². The molecule has 7 heteroatoms. The number of hydrogen-bond donors (Lipinski definition) is 0. The molecule has 1 heterocycles. The molecule has 76 valence electrons. The molecule has 0 bridgehead atoms. The SMILES string of the molecule is O=[N+]([O-])c1cc(-n2ccnn2)ccc1F. The summed E-state index contributed by atoms with van der Waals surface area (Å²) in [7, 11) is 0. The van der Waals surface area contributed by atoms with E-state index in [4.69, 9.17) is 0 Å². The highest BCUT2D eigenvalue weighted by molar-refractivity contribution is 5.43. The van der Waals surface area contributed by atoms with Crippen LogP contribution in [-0.4, -0.2) is 19.9 Å². The summed E-state index contributed by atoms with van der Waals surface area (Å²) >= 11 is 0. The van der Waals surface area contributed by atoms with Gasteiger partial charge in [0.1, 0.15) is 0 Å². The van der Waals surface area contributed by atoms with E-state index >= 15 is 0 Å². The lowest BCUT2D eigenvalue weighted by molar-refractivity contribution is -0.387. The van der Waals surface area contributed by atoms with Crippen molar-refractivity contribution in [1.29, 1.82) is 0 Å². The fraction of sp³-hybridized carbons (Fsp3) is 0. The first-order valence-electron chi connectivity index (χ1n) is 3.99. The van der Waals surface area contributed by atoms with Crippen LogP contribution >= 0.6 is 0 Å². The molecule has 0 aliphatic rings. The average molecular weight is 208 g/mol. The monoisotopic (exact) mass is 208 g/mol. The number of nitrogens with zero attached hydrogens (tertiary/aromatic N) is 4. The number of hydrogen-bond acceptors (Lipinski definition) is 4. The summed E-state index contributed by atoms with van der Waals surface area (Å²) in [5.74, 6) is -0.871. The van der Waals surface area contributed by atoms with Crippen molar-refractivity contribution in [2.75, 3.05) is 0 Å². The number of halogens is 1. The third-order valence-corrected chi connectivity index (χ3v) is 1.81. The molecule has 2 rings (SSSR count). The van der Waals surface area contributed by atoms with Crippen molar-refractivity contribution in [3.8, 4) is 5.69 Å². The highest BCUT2D eigenvalue weighted by Crippen LogP contribution is 2.20. The van der Waals surface area contributed by atoms with Gasteiger partial charge >= 0.3 is 5.69 Å². The molecule has 1 aromatic carbocycles. The molecule has 0 fully saturated rings. The molecule has 1 aromatic heterocycles. The van der Waals surface area contributed by atoms with E-state index in [-0.39, 0.29) is 0 Å². The lowest BCUT2D eigenvalue weighted by atomic mass is 10.2. The van der Waals surface area contributed by atoms with Crippen LogP contribution in [0.15, 0.2) is 30.6 Å². The summed E-state index contributed by atoms with van der Waals surface area (Å²) in [5, 5.41) is 17.6. The van der Waals surface area contributed by atoms with Crippen LogP contribution in [0.5, 0.6) is 0 Å². The smallest absolute Gasteiger partial charge is 0.258 e. The molecule has 0 aliphatic carbocycles. The Labute approximate surface area is 83.1 Å². The van der Waals surface area contributed by atoms with Crippen LogP contribution in [-0.2, 0) is 0 Å². The Morgan fingerprint density at radius 2 is 2.27 bits per heavy atom. The molecule has 0 saturated carbocycles. The predicted molar refractivity (Wildman–Crippen MR) is 48.0 cm³/mol. The Morgan fingerprint density at radius 3 is 2.87 bits per heavy atom. The van der Waals surface area contributed by atoms with Crippen LogP contribution in [0.1, 0.15) is 0 Å². The fourth-order valence-corrected chi connectivity index (χ4v) is 1.13. The first-order chi connectivity index (χ1) is 7.18. The Morgan fingerprint density at radius 1 is 1.47 bits per heavy atom. The van der Waals surface area contributed by atoms with Gasteiger partial charge in [-0.2, -0.15) is 4.39 Å². The van der Waals surface area contributed by atoms with Gasteiger partial charge in [0.15, 0.2) is 0 Å². The van der Waals surface area contributed by atoms with E-state index in [1.165, 1.54) is 23.1 Å². The standard InChI is InChI=1S/C8H5FN4O2/c9-7-2-1-6(5-8(7)13(14)15)12-4-3-10-11-12/h1-5H. The van der Waals surface area contributed by atoms with Crippen LogP contribution in [0, 0.1) is 15.9 Å². The molecule has 0 atom stereocenters. The zero-order chi connectivity index (χ0) is 10.8. The second-order valence-corrected chi connectivity index (χ2v) is 2.74. The van der Waals surface area contributed by atoms with Gasteiger partial charge in [-0.1, -0.05) is 5.21 Å². The van der Waals surface area contributed by atoms with Crippen LogP contribution in [0.25, 0.3) is 5.69 Å². The summed E-state index contributed by atoms with van der Waals surface area (Å²) in [6.45, 7) is 0. The summed E-state index contributed by atoms with van der Waals surface area (Å²) in [4.78, 5) is 9.68. The minimum Gasteiger partial charge on any atom is -0.258 e.